The Balaban J connectivity index is 1.36. The van der Waals surface area contributed by atoms with Crippen molar-refractivity contribution in [1.29, 1.82) is 0 Å². The number of carbonyl (C=O) groups excluding carboxylic acids is 1. The van der Waals surface area contributed by atoms with Gasteiger partial charge in [-0.15, -0.1) is 21.5 Å². The Hall–Kier alpha value is -1.67. The van der Waals surface area contributed by atoms with Crippen molar-refractivity contribution in [2.75, 3.05) is 5.75 Å². The highest BCUT2D eigenvalue weighted by Gasteiger charge is 2.24. The SMILES string of the molecule is CC1CCc2c(sc3ncn4c(SCC(=O)NC5CCCCC5)nnc4c23)C1. The molecule has 1 N–H and O–H groups in total. The van der Waals surface area contributed by atoms with Crippen LogP contribution in [0, 0.1) is 5.92 Å². The molecule has 5 rings (SSSR count). The van der Waals surface area contributed by atoms with Gasteiger partial charge in [-0.2, -0.15) is 0 Å². The van der Waals surface area contributed by atoms with E-state index in [0.29, 0.717) is 11.8 Å². The van der Waals surface area contributed by atoms with E-state index < -0.39 is 0 Å². The van der Waals surface area contributed by atoms with E-state index in [4.69, 9.17) is 0 Å². The molecule has 3 aromatic heterocycles. The number of thioether (sulfide) groups is 1. The van der Waals surface area contributed by atoms with Gasteiger partial charge in [0.15, 0.2) is 10.8 Å². The van der Waals surface area contributed by atoms with Crippen LogP contribution in [0.3, 0.4) is 0 Å². The lowest BCUT2D eigenvalue weighted by atomic mass is 9.89. The Morgan fingerprint density at radius 2 is 2.14 bits per heavy atom. The third-order valence-electron chi connectivity index (χ3n) is 5.97. The number of amides is 1. The Bertz CT molecular complexity index is 1020. The normalized spacial score (nSPS) is 20.5. The van der Waals surface area contributed by atoms with E-state index in [9.17, 15) is 4.79 Å². The first-order valence-corrected chi connectivity index (χ1v) is 12.1. The molecule has 1 atom stereocenters. The van der Waals surface area contributed by atoms with Crippen molar-refractivity contribution < 1.29 is 4.79 Å². The van der Waals surface area contributed by atoms with Crippen LogP contribution >= 0.6 is 23.1 Å². The van der Waals surface area contributed by atoms with E-state index in [-0.39, 0.29) is 5.91 Å². The lowest BCUT2D eigenvalue weighted by Gasteiger charge is -2.22. The topological polar surface area (TPSA) is 72.2 Å². The van der Waals surface area contributed by atoms with E-state index in [1.165, 1.54) is 53.3 Å². The van der Waals surface area contributed by atoms with Crippen LogP contribution < -0.4 is 5.32 Å². The Morgan fingerprint density at radius 1 is 1.29 bits per heavy atom. The van der Waals surface area contributed by atoms with Crippen LogP contribution in [-0.2, 0) is 17.6 Å². The van der Waals surface area contributed by atoms with Crippen LogP contribution in [0.1, 0.15) is 55.9 Å². The molecule has 3 aromatic rings. The Kier molecular flexibility index (Phi) is 5.00. The molecule has 0 aliphatic heterocycles. The van der Waals surface area contributed by atoms with Gasteiger partial charge in [0.2, 0.25) is 5.91 Å². The fourth-order valence-electron chi connectivity index (χ4n) is 4.46. The molecule has 28 heavy (non-hydrogen) atoms. The minimum absolute atomic E-state index is 0.0876. The minimum atomic E-state index is 0.0876. The number of thiophene rings is 1. The monoisotopic (exact) mass is 415 g/mol. The first kappa shape index (κ1) is 18.4. The third-order valence-corrected chi connectivity index (χ3v) is 8.08. The van der Waals surface area contributed by atoms with Gasteiger partial charge in [-0.25, -0.2) is 4.98 Å². The van der Waals surface area contributed by atoms with Crippen LogP contribution in [0.5, 0.6) is 0 Å². The van der Waals surface area contributed by atoms with Gasteiger partial charge >= 0.3 is 0 Å². The second kappa shape index (κ2) is 7.63. The van der Waals surface area contributed by atoms with Gasteiger partial charge in [-0.1, -0.05) is 37.9 Å². The Morgan fingerprint density at radius 3 is 3.00 bits per heavy atom. The standard InChI is InChI=1S/C20H25N5OS2/c1-12-7-8-14-15(9-12)28-19-17(14)18-23-24-20(25(18)11-21-19)27-10-16(26)22-13-5-3-2-4-6-13/h11-13H,2-10H2,1H3,(H,22,26). The minimum Gasteiger partial charge on any atom is -0.353 e. The van der Waals surface area contributed by atoms with Gasteiger partial charge in [0.05, 0.1) is 11.1 Å². The summed E-state index contributed by atoms with van der Waals surface area (Å²) in [4.78, 5) is 19.5. The van der Waals surface area contributed by atoms with Gasteiger partial charge in [-0.3, -0.25) is 9.20 Å². The van der Waals surface area contributed by atoms with E-state index in [1.807, 2.05) is 10.7 Å². The van der Waals surface area contributed by atoms with Crippen LogP contribution in [-0.4, -0.2) is 37.3 Å². The molecule has 0 spiro atoms. The number of hydrogen-bond acceptors (Lipinski definition) is 6. The van der Waals surface area contributed by atoms with E-state index >= 15 is 0 Å². The fourth-order valence-corrected chi connectivity index (χ4v) is 6.52. The Labute approximate surface area is 172 Å². The molecule has 0 radical (unpaired) electrons. The molecule has 2 aliphatic carbocycles. The summed E-state index contributed by atoms with van der Waals surface area (Å²) in [6.07, 6.45) is 11.2. The lowest BCUT2D eigenvalue weighted by molar-refractivity contribution is -0.119. The molecular weight excluding hydrogens is 390 g/mol. The number of rotatable bonds is 4. The maximum Gasteiger partial charge on any atom is 0.230 e. The van der Waals surface area contributed by atoms with Crippen LogP contribution in [0.4, 0.5) is 0 Å². The van der Waals surface area contributed by atoms with E-state index in [1.54, 1.807) is 11.3 Å². The fraction of sp³-hybridized carbons (Fsp3) is 0.600. The number of aryl methyl sites for hydroxylation is 1. The van der Waals surface area contributed by atoms with Gasteiger partial charge in [0.25, 0.3) is 0 Å². The van der Waals surface area contributed by atoms with Crippen molar-refractivity contribution >= 4 is 44.9 Å². The molecule has 1 fully saturated rings. The number of hydrogen-bond donors (Lipinski definition) is 1. The van der Waals surface area contributed by atoms with Crippen molar-refractivity contribution in [3.8, 4) is 0 Å². The molecule has 148 valence electrons. The van der Waals surface area contributed by atoms with Crippen molar-refractivity contribution in [3.05, 3.63) is 16.8 Å². The summed E-state index contributed by atoms with van der Waals surface area (Å²) in [7, 11) is 0. The zero-order chi connectivity index (χ0) is 19.1. The summed E-state index contributed by atoms with van der Waals surface area (Å²) in [5.74, 6) is 1.20. The first-order chi connectivity index (χ1) is 13.7. The smallest absolute Gasteiger partial charge is 0.230 e. The van der Waals surface area contributed by atoms with E-state index in [2.05, 4.69) is 27.4 Å². The quantitative estimate of drug-likeness (QED) is 0.652. The van der Waals surface area contributed by atoms with Gasteiger partial charge in [0, 0.05) is 10.9 Å². The highest BCUT2D eigenvalue weighted by atomic mass is 32.2. The number of aromatic nitrogens is 4. The first-order valence-electron chi connectivity index (χ1n) is 10.2. The summed E-state index contributed by atoms with van der Waals surface area (Å²) in [6, 6.07) is 0.345. The van der Waals surface area contributed by atoms with Gasteiger partial charge in [0.1, 0.15) is 11.2 Å². The second-order valence-corrected chi connectivity index (χ2v) is 10.2. The maximum absolute atomic E-state index is 12.3. The average Bonchev–Trinajstić information content (AvgIpc) is 3.27. The molecule has 8 heteroatoms. The van der Waals surface area contributed by atoms with Gasteiger partial charge in [-0.05, 0) is 43.6 Å². The zero-order valence-electron chi connectivity index (χ0n) is 16.1. The highest BCUT2D eigenvalue weighted by Crippen LogP contribution is 2.39. The number of fused-ring (bicyclic) bond motifs is 5. The van der Waals surface area contributed by atoms with Crippen LogP contribution in [0.25, 0.3) is 15.9 Å². The van der Waals surface area contributed by atoms with Crippen molar-refractivity contribution in [2.24, 2.45) is 5.92 Å². The molecule has 3 heterocycles. The number of carbonyl (C=O) groups is 1. The maximum atomic E-state index is 12.3. The van der Waals surface area contributed by atoms with Gasteiger partial charge < -0.3 is 5.32 Å². The van der Waals surface area contributed by atoms with Crippen molar-refractivity contribution in [2.45, 2.75) is 69.5 Å². The molecular formula is C20H25N5OS2. The number of nitrogens with one attached hydrogen (secondary N) is 1. The molecule has 0 saturated heterocycles. The summed E-state index contributed by atoms with van der Waals surface area (Å²) in [5, 5.41) is 13.9. The molecule has 1 amide bonds. The van der Waals surface area contributed by atoms with Crippen LogP contribution in [0.15, 0.2) is 11.5 Å². The molecule has 6 nitrogen and oxygen atoms in total. The predicted molar refractivity (Wildman–Crippen MR) is 113 cm³/mol. The highest BCUT2D eigenvalue weighted by molar-refractivity contribution is 7.99. The zero-order valence-corrected chi connectivity index (χ0v) is 17.7. The largest absolute Gasteiger partial charge is 0.353 e. The molecule has 0 aromatic carbocycles. The van der Waals surface area contributed by atoms with Crippen molar-refractivity contribution in [3.63, 3.8) is 0 Å². The van der Waals surface area contributed by atoms with Crippen molar-refractivity contribution in [1.82, 2.24) is 24.9 Å². The second-order valence-electron chi connectivity index (χ2n) is 8.14. The average molecular weight is 416 g/mol. The summed E-state index contributed by atoms with van der Waals surface area (Å²) >= 11 is 3.25. The molecule has 2 aliphatic rings. The summed E-state index contributed by atoms with van der Waals surface area (Å²) in [5.41, 5.74) is 2.29. The summed E-state index contributed by atoms with van der Waals surface area (Å²) < 4.78 is 1.95. The van der Waals surface area contributed by atoms with E-state index in [0.717, 1.165) is 47.2 Å². The van der Waals surface area contributed by atoms with Crippen LogP contribution in [0.2, 0.25) is 0 Å². The lowest BCUT2D eigenvalue weighted by Crippen LogP contribution is -2.37. The molecule has 1 saturated carbocycles. The third kappa shape index (κ3) is 3.41. The predicted octanol–water partition coefficient (Wildman–Crippen LogP) is 4.00. The number of nitrogens with zero attached hydrogens (tertiary/aromatic N) is 4. The summed E-state index contributed by atoms with van der Waals surface area (Å²) in [6.45, 7) is 2.32. The molecule has 1 unspecified atom stereocenters. The molecule has 0 bridgehead atoms.